The second-order valence-electron chi connectivity index (χ2n) is 5.65. The molecule has 2 amide bonds. The third kappa shape index (κ3) is 4.84. The number of aryl methyl sites for hydroxylation is 2. The summed E-state index contributed by atoms with van der Waals surface area (Å²) < 4.78 is 0. The highest BCUT2D eigenvalue weighted by atomic mass is 16.2. The first kappa shape index (κ1) is 17.5. The molecule has 2 rings (SSSR count). The van der Waals surface area contributed by atoms with E-state index in [2.05, 4.69) is 16.0 Å². The Morgan fingerprint density at radius 3 is 2.00 bits per heavy atom. The predicted molar refractivity (Wildman–Crippen MR) is 98.4 cm³/mol. The lowest BCUT2D eigenvalue weighted by Gasteiger charge is -2.12. The van der Waals surface area contributed by atoms with Crippen LogP contribution in [0.3, 0.4) is 0 Å². The highest BCUT2D eigenvalue weighted by Crippen LogP contribution is 2.19. The summed E-state index contributed by atoms with van der Waals surface area (Å²) >= 11 is 0. The SMILES string of the molecule is CCC(=O)Nc1ccc(NCC(=O)Nc2c(C)cccc2C)cc1. The van der Waals surface area contributed by atoms with Gasteiger partial charge in [-0.05, 0) is 49.2 Å². The van der Waals surface area contributed by atoms with Crippen LogP contribution in [0.25, 0.3) is 0 Å². The second-order valence-corrected chi connectivity index (χ2v) is 5.65. The maximum absolute atomic E-state index is 12.1. The van der Waals surface area contributed by atoms with Crippen molar-refractivity contribution in [2.24, 2.45) is 0 Å². The molecule has 5 nitrogen and oxygen atoms in total. The van der Waals surface area contributed by atoms with Gasteiger partial charge in [-0.1, -0.05) is 25.1 Å². The smallest absolute Gasteiger partial charge is 0.243 e. The molecule has 126 valence electrons. The molecule has 0 bridgehead atoms. The maximum atomic E-state index is 12.1. The van der Waals surface area contributed by atoms with Gasteiger partial charge in [0.15, 0.2) is 0 Å². The van der Waals surface area contributed by atoms with Gasteiger partial charge in [-0.2, -0.15) is 0 Å². The van der Waals surface area contributed by atoms with Crippen molar-refractivity contribution >= 4 is 28.9 Å². The number of rotatable bonds is 6. The van der Waals surface area contributed by atoms with Crippen LogP contribution >= 0.6 is 0 Å². The fraction of sp³-hybridized carbons (Fsp3) is 0.263. The van der Waals surface area contributed by atoms with Crippen LogP contribution < -0.4 is 16.0 Å². The van der Waals surface area contributed by atoms with Gasteiger partial charge in [0.2, 0.25) is 11.8 Å². The van der Waals surface area contributed by atoms with E-state index in [0.29, 0.717) is 6.42 Å². The minimum atomic E-state index is -0.101. The van der Waals surface area contributed by atoms with Gasteiger partial charge in [0, 0.05) is 23.5 Å². The number of carbonyl (C=O) groups is 2. The molecule has 0 atom stereocenters. The zero-order valence-electron chi connectivity index (χ0n) is 14.3. The fourth-order valence-corrected chi connectivity index (χ4v) is 2.30. The number of anilines is 3. The van der Waals surface area contributed by atoms with Crippen molar-refractivity contribution in [2.45, 2.75) is 27.2 Å². The summed E-state index contributed by atoms with van der Waals surface area (Å²) in [5.74, 6) is -0.126. The first-order chi connectivity index (χ1) is 11.5. The van der Waals surface area contributed by atoms with Gasteiger partial charge >= 0.3 is 0 Å². The summed E-state index contributed by atoms with van der Waals surface area (Å²) in [5, 5.41) is 8.79. The van der Waals surface area contributed by atoms with Crippen LogP contribution in [0.4, 0.5) is 17.1 Å². The normalized spacial score (nSPS) is 10.1. The van der Waals surface area contributed by atoms with Crippen LogP contribution in [-0.4, -0.2) is 18.4 Å². The van der Waals surface area contributed by atoms with E-state index >= 15 is 0 Å². The van der Waals surface area contributed by atoms with Gasteiger partial charge in [-0.3, -0.25) is 9.59 Å². The van der Waals surface area contributed by atoms with Crippen molar-refractivity contribution in [1.29, 1.82) is 0 Å². The number of carbonyl (C=O) groups excluding carboxylic acids is 2. The topological polar surface area (TPSA) is 70.2 Å². The van der Waals surface area contributed by atoms with Crippen LogP contribution in [-0.2, 0) is 9.59 Å². The number of amides is 2. The third-order valence-corrected chi connectivity index (χ3v) is 3.69. The van der Waals surface area contributed by atoms with Crippen molar-refractivity contribution in [3.63, 3.8) is 0 Å². The molecule has 24 heavy (non-hydrogen) atoms. The molecular weight excluding hydrogens is 302 g/mol. The number of nitrogens with one attached hydrogen (secondary N) is 3. The summed E-state index contributed by atoms with van der Waals surface area (Å²) in [4.78, 5) is 23.4. The lowest BCUT2D eigenvalue weighted by molar-refractivity contribution is -0.116. The standard InChI is InChI=1S/C19H23N3O2/c1-4-17(23)21-16-10-8-15(9-11-16)20-12-18(24)22-19-13(2)6-5-7-14(19)3/h5-11,20H,4,12H2,1-3H3,(H,21,23)(H,22,24). The summed E-state index contributed by atoms with van der Waals surface area (Å²) in [6, 6.07) is 13.2. The van der Waals surface area contributed by atoms with E-state index in [1.54, 1.807) is 19.1 Å². The Kier molecular flexibility index (Phi) is 5.95. The molecular formula is C19H23N3O2. The largest absolute Gasteiger partial charge is 0.376 e. The van der Waals surface area contributed by atoms with E-state index in [1.165, 1.54) is 0 Å². The summed E-state index contributed by atoms with van der Waals surface area (Å²) in [6.45, 7) is 5.92. The zero-order chi connectivity index (χ0) is 17.5. The molecule has 0 aliphatic rings. The molecule has 5 heteroatoms. The Morgan fingerprint density at radius 2 is 1.42 bits per heavy atom. The summed E-state index contributed by atoms with van der Waals surface area (Å²) in [7, 11) is 0. The van der Waals surface area contributed by atoms with Crippen molar-refractivity contribution in [1.82, 2.24) is 0 Å². The predicted octanol–water partition coefficient (Wildman–Crippen LogP) is 3.70. The van der Waals surface area contributed by atoms with Crippen molar-refractivity contribution in [2.75, 3.05) is 22.5 Å². The van der Waals surface area contributed by atoms with Crippen molar-refractivity contribution in [3.05, 3.63) is 53.6 Å². The van der Waals surface area contributed by atoms with Crippen LogP contribution in [0, 0.1) is 13.8 Å². The Bertz CT molecular complexity index is 704. The average molecular weight is 325 g/mol. The Labute approximate surface area is 142 Å². The van der Waals surface area contributed by atoms with Gasteiger partial charge in [0.05, 0.1) is 6.54 Å². The molecule has 0 spiro atoms. The second kappa shape index (κ2) is 8.15. The van der Waals surface area contributed by atoms with Gasteiger partial charge in [0.25, 0.3) is 0 Å². The molecule has 3 N–H and O–H groups in total. The number of hydrogen-bond donors (Lipinski definition) is 3. The van der Waals surface area contributed by atoms with Gasteiger partial charge in [-0.15, -0.1) is 0 Å². The van der Waals surface area contributed by atoms with Crippen molar-refractivity contribution < 1.29 is 9.59 Å². The lowest BCUT2D eigenvalue weighted by Crippen LogP contribution is -2.22. The zero-order valence-corrected chi connectivity index (χ0v) is 14.3. The monoisotopic (exact) mass is 325 g/mol. The highest BCUT2D eigenvalue weighted by molar-refractivity contribution is 5.95. The van der Waals surface area contributed by atoms with Crippen LogP contribution in [0.2, 0.25) is 0 Å². The van der Waals surface area contributed by atoms with Crippen molar-refractivity contribution in [3.8, 4) is 0 Å². The first-order valence-electron chi connectivity index (χ1n) is 7.99. The average Bonchev–Trinajstić information content (AvgIpc) is 2.57. The van der Waals surface area contributed by atoms with E-state index in [1.807, 2.05) is 44.2 Å². The summed E-state index contributed by atoms with van der Waals surface area (Å²) in [5.41, 5.74) is 4.51. The minimum absolute atomic E-state index is 0.0244. The number of hydrogen-bond acceptors (Lipinski definition) is 3. The van der Waals surface area contributed by atoms with Crippen LogP contribution in [0.15, 0.2) is 42.5 Å². The van der Waals surface area contributed by atoms with Gasteiger partial charge in [-0.25, -0.2) is 0 Å². The molecule has 0 aliphatic heterocycles. The molecule has 0 heterocycles. The first-order valence-corrected chi connectivity index (χ1v) is 7.99. The highest BCUT2D eigenvalue weighted by Gasteiger charge is 2.07. The molecule has 0 aromatic heterocycles. The molecule has 2 aromatic carbocycles. The van der Waals surface area contributed by atoms with E-state index < -0.39 is 0 Å². The summed E-state index contributed by atoms with van der Waals surface area (Å²) in [6.07, 6.45) is 0.443. The molecule has 0 radical (unpaired) electrons. The van der Waals surface area contributed by atoms with E-state index in [-0.39, 0.29) is 18.4 Å². The van der Waals surface area contributed by atoms with Gasteiger partial charge < -0.3 is 16.0 Å². The molecule has 0 unspecified atom stereocenters. The Morgan fingerprint density at radius 1 is 0.833 bits per heavy atom. The van der Waals surface area contributed by atoms with E-state index in [0.717, 1.165) is 28.2 Å². The van der Waals surface area contributed by atoms with Crippen LogP contribution in [0.5, 0.6) is 0 Å². The molecule has 0 saturated heterocycles. The Balaban J connectivity index is 1.89. The van der Waals surface area contributed by atoms with E-state index in [9.17, 15) is 9.59 Å². The fourth-order valence-electron chi connectivity index (χ4n) is 2.30. The minimum Gasteiger partial charge on any atom is -0.376 e. The molecule has 0 fully saturated rings. The number of benzene rings is 2. The molecule has 0 saturated carbocycles. The maximum Gasteiger partial charge on any atom is 0.243 e. The Hall–Kier alpha value is -2.82. The molecule has 0 aliphatic carbocycles. The van der Waals surface area contributed by atoms with Gasteiger partial charge in [0.1, 0.15) is 0 Å². The van der Waals surface area contributed by atoms with E-state index in [4.69, 9.17) is 0 Å². The quantitative estimate of drug-likeness (QED) is 0.758. The number of para-hydroxylation sites is 1. The third-order valence-electron chi connectivity index (χ3n) is 3.69. The van der Waals surface area contributed by atoms with Crippen LogP contribution in [0.1, 0.15) is 24.5 Å². The lowest BCUT2D eigenvalue weighted by atomic mass is 10.1. The molecule has 2 aromatic rings.